The lowest BCUT2D eigenvalue weighted by Gasteiger charge is -2.04. The van der Waals surface area contributed by atoms with Crippen LogP contribution in [0.25, 0.3) is 11.3 Å². The molecule has 0 aliphatic rings. The Morgan fingerprint density at radius 2 is 2.19 bits per heavy atom. The second-order valence-corrected chi connectivity index (χ2v) is 3.61. The van der Waals surface area contributed by atoms with Crippen molar-refractivity contribution in [1.82, 2.24) is 9.97 Å². The number of carboxylic acids is 1. The predicted molar refractivity (Wildman–Crippen MR) is 60.1 cm³/mol. The number of aryl methyl sites for hydroxylation is 1. The number of aromatic nitrogens is 2. The molecule has 0 saturated carbocycles. The lowest BCUT2D eigenvalue weighted by atomic mass is 10.0. The number of hydrogen-bond donors (Lipinski definition) is 2. The summed E-state index contributed by atoms with van der Waals surface area (Å²) in [5.74, 6) is -0.0104. The number of H-pyrrole nitrogens is 1. The molecule has 0 fully saturated rings. The molecule has 2 rings (SSSR count). The van der Waals surface area contributed by atoms with Gasteiger partial charge in [0.15, 0.2) is 0 Å². The average Bonchev–Trinajstić information content (AvgIpc) is 2.65. The van der Waals surface area contributed by atoms with Crippen LogP contribution in [0.3, 0.4) is 0 Å². The van der Waals surface area contributed by atoms with E-state index in [0.717, 1.165) is 22.6 Å². The van der Waals surface area contributed by atoms with Gasteiger partial charge in [-0.15, -0.1) is 0 Å². The second-order valence-electron chi connectivity index (χ2n) is 3.61. The molecular weight excluding hydrogens is 204 g/mol. The number of aromatic amines is 1. The van der Waals surface area contributed by atoms with Gasteiger partial charge in [-0.25, -0.2) is 4.98 Å². The summed E-state index contributed by atoms with van der Waals surface area (Å²) in [4.78, 5) is 17.9. The summed E-state index contributed by atoms with van der Waals surface area (Å²) in [6.07, 6.45) is 1.74. The standard InChI is InChI=1S/C12H12N2O2/c1-8-13-7-11(14-8)10-5-3-2-4-9(10)6-12(15)16/h2-5,7H,6H2,1H3,(H,13,14)(H,15,16). The molecule has 0 radical (unpaired) electrons. The summed E-state index contributed by atoms with van der Waals surface area (Å²) in [5, 5.41) is 8.82. The summed E-state index contributed by atoms with van der Waals surface area (Å²) >= 11 is 0. The molecule has 1 heterocycles. The zero-order chi connectivity index (χ0) is 11.5. The molecule has 16 heavy (non-hydrogen) atoms. The van der Waals surface area contributed by atoms with Crippen LogP contribution in [-0.4, -0.2) is 21.0 Å². The summed E-state index contributed by atoms with van der Waals surface area (Å²) < 4.78 is 0. The van der Waals surface area contributed by atoms with Gasteiger partial charge in [-0.3, -0.25) is 4.79 Å². The van der Waals surface area contributed by atoms with Gasteiger partial charge in [-0.2, -0.15) is 0 Å². The largest absolute Gasteiger partial charge is 0.481 e. The fraction of sp³-hybridized carbons (Fsp3) is 0.167. The molecular formula is C12H12N2O2. The maximum atomic E-state index is 10.7. The summed E-state index contributed by atoms with van der Waals surface area (Å²) in [7, 11) is 0. The highest BCUT2D eigenvalue weighted by Crippen LogP contribution is 2.22. The molecule has 0 bridgehead atoms. The predicted octanol–water partition coefficient (Wildman–Crippen LogP) is 2.01. The number of benzene rings is 1. The van der Waals surface area contributed by atoms with E-state index in [1.165, 1.54) is 0 Å². The fourth-order valence-electron chi connectivity index (χ4n) is 1.66. The summed E-state index contributed by atoms with van der Waals surface area (Å²) in [5.41, 5.74) is 2.54. The minimum Gasteiger partial charge on any atom is -0.481 e. The summed E-state index contributed by atoms with van der Waals surface area (Å²) in [6.45, 7) is 1.86. The minimum absolute atomic E-state index is 0.0221. The van der Waals surface area contributed by atoms with Crippen LogP contribution in [0, 0.1) is 6.92 Å². The Morgan fingerprint density at radius 1 is 1.44 bits per heavy atom. The van der Waals surface area contributed by atoms with Crippen molar-refractivity contribution >= 4 is 5.97 Å². The molecule has 0 atom stereocenters. The van der Waals surface area contributed by atoms with Crippen molar-refractivity contribution in [2.45, 2.75) is 13.3 Å². The Bertz CT molecular complexity index is 517. The lowest BCUT2D eigenvalue weighted by molar-refractivity contribution is -0.136. The maximum Gasteiger partial charge on any atom is 0.307 e. The van der Waals surface area contributed by atoms with Crippen molar-refractivity contribution in [2.75, 3.05) is 0 Å². The molecule has 4 heteroatoms. The van der Waals surface area contributed by atoms with E-state index < -0.39 is 5.97 Å². The third-order valence-electron chi connectivity index (χ3n) is 2.35. The van der Waals surface area contributed by atoms with E-state index >= 15 is 0 Å². The number of nitrogens with one attached hydrogen (secondary N) is 1. The van der Waals surface area contributed by atoms with E-state index in [2.05, 4.69) is 9.97 Å². The maximum absolute atomic E-state index is 10.7. The molecule has 1 aromatic carbocycles. The van der Waals surface area contributed by atoms with Gasteiger partial charge in [0.1, 0.15) is 5.82 Å². The Kier molecular flexibility index (Phi) is 2.72. The van der Waals surface area contributed by atoms with Gasteiger partial charge in [-0.1, -0.05) is 24.3 Å². The number of hydrogen-bond acceptors (Lipinski definition) is 2. The zero-order valence-corrected chi connectivity index (χ0v) is 8.90. The first-order chi connectivity index (χ1) is 7.66. The molecule has 0 aliphatic carbocycles. The number of rotatable bonds is 3. The normalized spacial score (nSPS) is 10.3. The molecule has 0 saturated heterocycles. The number of aliphatic carboxylic acids is 1. The van der Waals surface area contributed by atoms with Crippen molar-refractivity contribution in [1.29, 1.82) is 0 Å². The van der Waals surface area contributed by atoms with Gasteiger partial charge in [0.2, 0.25) is 0 Å². The van der Waals surface area contributed by atoms with E-state index in [9.17, 15) is 4.79 Å². The van der Waals surface area contributed by atoms with E-state index in [1.807, 2.05) is 31.2 Å². The van der Waals surface area contributed by atoms with Gasteiger partial charge in [0.25, 0.3) is 0 Å². The molecule has 0 spiro atoms. The molecule has 82 valence electrons. The van der Waals surface area contributed by atoms with Gasteiger partial charge < -0.3 is 10.1 Å². The second kappa shape index (κ2) is 4.18. The monoisotopic (exact) mass is 216 g/mol. The fourth-order valence-corrected chi connectivity index (χ4v) is 1.66. The molecule has 0 amide bonds. The molecule has 4 nitrogen and oxygen atoms in total. The van der Waals surface area contributed by atoms with Crippen LogP contribution in [0.15, 0.2) is 30.5 Å². The van der Waals surface area contributed by atoms with Crippen molar-refractivity contribution in [3.05, 3.63) is 41.9 Å². The lowest BCUT2D eigenvalue weighted by Crippen LogP contribution is -2.01. The smallest absolute Gasteiger partial charge is 0.307 e. The Balaban J connectivity index is 2.43. The van der Waals surface area contributed by atoms with Gasteiger partial charge in [0, 0.05) is 5.56 Å². The van der Waals surface area contributed by atoms with Crippen molar-refractivity contribution in [3.8, 4) is 11.3 Å². The van der Waals surface area contributed by atoms with Gasteiger partial charge in [0.05, 0.1) is 18.3 Å². The van der Waals surface area contributed by atoms with Crippen LogP contribution < -0.4 is 0 Å². The quantitative estimate of drug-likeness (QED) is 0.824. The Hall–Kier alpha value is -2.10. The number of imidazole rings is 1. The first kappa shape index (κ1) is 10.4. The highest BCUT2D eigenvalue weighted by atomic mass is 16.4. The van der Waals surface area contributed by atoms with Gasteiger partial charge in [-0.05, 0) is 12.5 Å². The van der Waals surface area contributed by atoms with Gasteiger partial charge >= 0.3 is 5.97 Å². The van der Waals surface area contributed by atoms with E-state index in [0.29, 0.717) is 0 Å². The van der Waals surface area contributed by atoms with E-state index in [1.54, 1.807) is 6.20 Å². The van der Waals surface area contributed by atoms with Crippen molar-refractivity contribution in [3.63, 3.8) is 0 Å². The molecule has 0 aliphatic heterocycles. The molecule has 1 aromatic heterocycles. The third-order valence-corrected chi connectivity index (χ3v) is 2.35. The first-order valence-corrected chi connectivity index (χ1v) is 4.98. The number of carboxylic acid groups (broad SMARTS) is 1. The SMILES string of the molecule is Cc1ncc(-c2ccccc2CC(=O)O)[nH]1. The van der Waals surface area contributed by atoms with Crippen LogP contribution in [-0.2, 0) is 11.2 Å². The molecule has 0 unspecified atom stereocenters. The van der Waals surface area contributed by atoms with Crippen LogP contribution in [0.1, 0.15) is 11.4 Å². The summed E-state index contributed by atoms with van der Waals surface area (Å²) in [6, 6.07) is 7.44. The Labute approximate surface area is 93.0 Å². The minimum atomic E-state index is -0.830. The highest BCUT2D eigenvalue weighted by Gasteiger charge is 2.09. The highest BCUT2D eigenvalue weighted by molar-refractivity contribution is 5.75. The Morgan fingerprint density at radius 3 is 2.81 bits per heavy atom. The van der Waals surface area contributed by atoms with E-state index in [4.69, 9.17) is 5.11 Å². The number of nitrogens with zero attached hydrogens (tertiary/aromatic N) is 1. The van der Waals surface area contributed by atoms with Crippen molar-refractivity contribution in [2.24, 2.45) is 0 Å². The van der Waals surface area contributed by atoms with Crippen LogP contribution in [0.2, 0.25) is 0 Å². The number of carbonyl (C=O) groups is 1. The van der Waals surface area contributed by atoms with Crippen LogP contribution in [0.5, 0.6) is 0 Å². The van der Waals surface area contributed by atoms with Crippen molar-refractivity contribution < 1.29 is 9.90 Å². The van der Waals surface area contributed by atoms with Crippen LogP contribution >= 0.6 is 0 Å². The molecule has 2 N–H and O–H groups in total. The van der Waals surface area contributed by atoms with E-state index in [-0.39, 0.29) is 6.42 Å². The zero-order valence-electron chi connectivity index (χ0n) is 8.90. The third kappa shape index (κ3) is 2.11. The van der Waals surface area contributed by atoms with Crippen LogP contribution in [0.4, 0.5) is 0 Å². The molecule has 2 aromatic rings. The first-order valence-electron chi connectivity index (χ1n) is 4.98. The topological polar surface area (TPSA) is 66.0 Å². The average molecular weight is 216 g/mol.